The van der Waals surface area contributed by atoms with Gasteiger partial charge in [-0.25, -0.2) is 9.97 Å². The molecule has 130 valence electrons. The number of hydrogen-bond donors (Lipinski definition) is 1. The molecule has 7 heteroatoms. The molecule has 0 unspecified atom stereocenters. The molecule has 0 atom stereocenters. The minimum atomic E-state index is 0.796. The van der Waals surface area contributed by atoms with Crippen LogP contribution in [0.5, 0.6) is 5.75 Å². The molecule has 25 heavy (non-hydrogen) atoms. The van der Waals surface area contributed by atoms with Crippen LogP contribution in [0.4, 0.5) is 5.82 Å². The molecule has 0 spiro atoms. The lowest BCUT2D eigenvalue weighted by atomic mass is 10.2. The number of ether oxygens (including phenoxy) is 1. The van der Waals surface area contributed by atoms with Crippen molar-refractivity contribution < 1.29 is 4.74 Å². The summed E-state index contributed by atoms with van der Waals surface area (Å²) in [4.78, 5) is 13.6. The average Bonchev–Trinajstić information content (AvgIpc) is 3.02. The highest BCUT2D eigenvalue weighted by molar-refractivity contribution is 5.86. The van der Waals surface area contributed by atoms with Gasteiger partial charge in [-0.15, -0.1) is 0 Å². The average molecular weight is 338 g/mol. The first-order valence-electron chi connectivity index (χ1n) is 8.58. The standard InChI is InChI=1S/C18H22N6O/c1-25-15-5-3-14(4-6-15)12-23-7-2-8-24(10-9-23)18-16-11-21-22-17(16)19-13-20-18/h3-6,11,13H,2,7-10,12H2,1H3,(H,19,20,21,22). The molecule has 0 saturated carbocycles. The van der Waals surface area contributed by atoms with E-state index in [1.807, 2.05) is 18.3 Å². The van der Waals surface area contributed by atoms with E-state index in [2.05, 4.69) is 42.1 Å². The SMILES string of the molecule is COc1ccc(CN2CCCN(c3ncnc4[nH]ncc34)CC2)cc1. The fourth-order valence-electron chi connectivity index (χ4n) is 3.33. The molecule has 1 fully saturated rings. The van der Waals surface area contributed by atoms with Crippen molar-refractivity contribution in [3.05, 3.63) is 42.4 Å². The first-order valence-corrected chi connectivity index (χ1v) is 8.58. The molecule has 3 heterocycles. The van der Waals surface area contributed by atoms with Crippen LogP contribution < -0.4 is 9.64 Å². The first-order chi connectivity index (χ1) is 12.3. The molecule has 0 aliphatic carbocycles. The quantitative estimate of drug-likeness (QED) is 0.785. The molecule has 1 aromatic carbocycles. The number of nitrogens with one attached hydrogen (secondary N) is 1. The van der Waals surface area contributed by atoms with Crippen LogP contribution in [-0.2, 0) is 6.54 Å². The van der Waals surface area contributed by atoms with Gasteiger partial charge in [0.15, 0.2) is 5.65 Å². The Morgan fingerprint density at radius 2 is 1.96 bits per heavy atom. The zero-order valence-corrected chi connectivity index (χ0v) is 14.4. The summed E-state index contributed by atoms with van der Waals surface area (Å²) < 4.78 is 5.23. The summed E-state index contributed by atoms with van der Waals surface area (Å²) in [6.45, 7) is 5.00. The fraction of sp³-hybridized carbons (Fsp3) is 0.389. The van der Waals surface area contributed by atoms with E-state index in [0.717, 1.165) is 61.7 Å². The van der Waals surface area contributed by atoms with Crippen LogP contribution in [0.3, 0.4) is 0 Å². The summed E-state index contributed by atoms with van der Waals surface area (Å²) >= 11 is 0. The Hall–Kier alpha value is -2.67. The number of aromatic amines is 1. The van der Waals surface area contributed by atoms with E-state index in [-0.39, 0.29) is 0 Å². The normalized spacial score (nSPS) is 16.1. The summed E-state index contributed by atoms with van der Waals surface area (Å²) in [6.07, 6.45) is 4.53. The molecule has 0 radical (unpaired) electrons. The highest BCUT2D eigenvalue weighted by Gasteiger charge is 2.18. The summed E-state index contributed by atoms with van der Waals surface area (Å²) in [7, 11) is 1.70. The van der Waals surface area contributed by atoms with Gasteiger partial charge in [0.1, 0.15) is 17.9 Å². The molecule has 1 aliphatic rings. The molecule has 1 aliphatic heterocycles. The van der Waals surface area contributed by atoms with Crippen LogP contribution in [0, 0.1) is 0 Å². The van der Waals surface area contributed by atoms with Crippen LogP contribution >= 0.6 is 0 Å². The Bertz CT molecular complexity index is 831. The number of H-pyrrole nitrogens is 1. The summed E-state index contributed by atoms with van der Waals surface area (Å²) in [5.74, 6) is 1.88. The third-order valence-corrected chi connectivity index (χ3v) is 4.68. The second-order valence-corrected chi connectivity index (χ2v) is 6.29. The maximum atomic E-state index is 5.23. The third-order valence-electron chi connectivity index (χ3n) is 4.68. The number of methoxy groups -OCH3 is 1. The van der Waals surface area contributed by atoms with E-state index < -0.39 is 0 Å². The molecule has 2 aromatic heterocycles. The maximum Gasteiger partial charge on any atom is 0.160 e. The zero-order valence-electron chi connectivity index (χ0n) is 14.4. The van der Waals surface area contributed by atoms with E-state index in [9.17, 15) is 0 Å². The molecule has 3 aromatic rings. The van der Waals surface area contributed by atoms with Gasteiger partial charge in [0.05, 0.1) is 18.7 Å². The number of aromatic nitrogens is 4. The van der Waals surface area contributed by atoms with Crippen molar-refractivity contribution in [3.8, 4) is 5.75 Å². The molecule has 4 rings (SSSR count). The number of rotatable bonds is 4. The molecule has 7 nitrogen and oxygen atoms in total. The van der Waals surface area contributed by atoms with Crippen LogP contribution in [0.1, 0.15) is 12.0 Å². The molecular formula is C18H22N6O. The Morgan fingerprint density at radius 3 is 2.80 bits per heavy atom. The second-order valence-electron chi connectivity index (χ2n) is 6.29. The number of fused-ring (bicyclic) bond motifs is 1. The van der Waals surface area contributed by atoms with Crippen LogP contribution in [0.25, 0.3) is 11.0 Å². The Balaban J connectivity index is 1.44. The van der Waals surface area contributed by atoms with Gasteiger partial charge in [-0.05, 0) is 24.1 Å². The van der Waals surface area contributed by atoms with E-state index in [1.165, 1.54) is 5.56 Å². The Labute approximate surface area is 146 Å². The summed E-state index contributed by atoms with van der Waals surface area (Å²) in [6, 6.07) is 8.33. The van der Waals surface area contributed by atoms with Gasteiger partial charge in [-0.2, -0.15) is 5.10 Å². The highest BCUT2D eigenvalue weighted by atomic mass is 16.5. The summed E-state index contributed by atoms with van der Waals surface area (Å²) in [5, 5.41) is 8.00. The number of hydrogen-bond acceptors (Lipinski definition) is 6. The van der Waals surface area contributed by atoms with Crippen LogP contribution in [0.15, 0.2) is 36.8 Å². The van der Waals surface area contributed by atoms with E-state index in [4.69, 9.17) is 4.74 Å². The van der Waals surface area contributed by atoms with Crippen molar-refractivity contribution in [1.82, 2.24) is 25.1 Å². The largest absolute Gasteiger partial charge is 0.497 e. The van der Waals surface area contributed by atoms with Crippen molar-refractivity contribution in [1.29, 1.82) is 0 Å². The lowest BCUT2D eigenvalue weighted by molar-refractivity contribution is 0.285. The summed E-state index contributed by atoms with van der Waals surface area (Å²) in [5.41, 5.74) is 2.11. The first kappa shape index (κ1) is 15.8. The minimum Gasteiger partial charge on any atom is -0.497 e. The third kappa shape index (κ3) is 3.41. The van der Waals surface area contributed by atoms with Crippen molar-refractivity contribution in [2.24, 2.45) is 0 Å². The van der Waals surface area contributed by atoms with Gasteiger partial charge in [-0.1, -0.05) is 12.1 Å². The van der Waals surface area contributed by atoms with Gasteiger partial charge in [-0.3, -0.25) is 10.00 Å². The van der Waals surface area contributed by atoms with Crippen molar-refractivity contribution in [2.45, 2.75) is 13.0 Å². The van der Waals surface area contributed by atoms with Crippen molar-refractivity contribution >= 4 is 16.9 Å². The van der Waals surface area contributed by atoms with Gasteiger partial charge in [0.2, 0.25) is 0 Å². The Kier molecular flexibility index (Phi) is 4.47. The monoisotopic (exact) mass is 338 g/mol. The van der Waals surface area contributed by atoms with Gasteiger partial charge < -0.3 is 9.64 Å². The van der Waals surface area contributed by atoms with Crippen molar-refractivity contribution in [3.63, 3.8) is 0 Å². The van der Waals surface area contributed by atoms with E-state index >= 15 is 0 Å². The van der Waals surface area contributed by atoms with Gasteiger partial charge in [0.25, 0.3) is 0 Å². The van der Waals surface area contributed by atoms with Gasteiger partial charge in [0, 0.05) is 32.7 Å². The predicted molar refractivity (Wildman–Crippen MR) is 96.8 cm³/mol. The molecular weight excluding hydrogens is 316 g/mol. The molecule has 1 N–H and O–H groups in total. The second kappa shape index (κ2) is 7.06. The number of benzene rings is 1. The number of anilines is 1. The Morgan fingerprint density at radius 1 is 1.08 bits per heavy atom. The maximum absolute atomic E-state index is 5.23. The van der Waals surface area contributed by atoms with Gasteiger partial charge >= 0.3 is 0 Å². The lowest BCUT2D eigenvalue weighted by Gasteiger charge is -2.23. The van der Waals surface area contributed by atoms with Crippen LogP contribution in [-0.4, -0.2) is 58.4 Å². The van der Waals surface area contributed by atoms with E-state index in [1.54, 1.807) is 13.4 Å². The zero-order chi connectivity index (χ0) is 17.1. The fourth-order valence-corrected chi connectivity index (χ4v) is 3.33. The smallest absolute Gasteiger partial charge is 0.160 e. The minimum absolute atomic E-state index is 0.796. The van der Waals surface area contributed by atoms with Crippen LogP contribution in [0.2, 0.25) is 0 Å². The molecule has 0 amide bonds. The topological polar surface area (TPSA) is 70.2 Å². The highest BCUT2D eigenvalue weighted by Crippen LogP contribution is 2.22. The lowest BCUT2D eigenvalue weighted by Crippen LogP contribution is -2.31. The molecule has 1 saturated heterocycles. The van der Waals surface area contributed by atoms with Crippen molar-refractivity contribution in [2.75, 3.05) is 38.2 Å². The molecule has 0 bridgehead atoms. The predicted octanol–water partition coefficient (Wildman–Crippen LogP) is 2.07. The number of nitrogens with zero attached hydrogens (tertiary/aromatic N) is 5. The van der Waals surface area contributed by atoms with E-state index in [0.29, 0.717) is 0 Å².